The maximum absolute atomic E-state index is 10.3. The van der Waals surface area contributed by atoms with Gasteiger partial charge in [0.05, 0.1) is 11.7 Å². The molecule has 0 amide bonds. The first-order chi connectivity index (χ1) is 7.12. The Balaban J connectivity index is 2.18. The van der Waals surface area contributed by atoms with E-state index >= 15 is 0 Å². The molecule has 4 nitrogen and oxygen atoms in total. The number of nitrogens with two attached hydrogens (primary N) is 1. The standard InChI is InChI=1S/C11H16N2O2/c1-8-11(14,3-5-15-8)6-9-7-13-4-2-10(9)12/h2,4,7-8,14H,3,5-6H2,1H3,(H2,12,13). The zero-order valence-electron chi connectivity index (χ0n) is 8.81. The third kappa shape index (κ3) is 1.96. The number of pyridine rings is 1. The van der Waals surface area contributed by atoms with Gasteiger partial charge in [0.2, 0.25) is 0 Å². The number of aromatic nitrogens is 1. The van der Waals surface area contributed by atoms with Crippen LogP contribution in [0.2, 0.25) is 0 Å². The molecule has 0 saturated carbocycles. The summed E-state index contributed by atoms with van der Waals surface area (Å²) in [6.07, 6.45) is 4.38. The fourth-order valence-electron chi connectivity index (χ4n) is 1.92. The number of anilines is 1. The lowest BCUT2D eigenvalue weighted by molar-refractivity contribution is -0.0268. The summed E-state index contributed by atoms with van der Waals surface area (Å²) >= 11 is 0. The second-order valence-corrected chi connectivity index (χ2v) is 4.12. The van der Waals surface area contributed by atoms with Crippen LogP contribution < -0.4 is 5.73 Å². The molecule has 1 aromatic heterocycles. The second-order valence-electron chi connectivity index (χ2n) is 4.12. The van der Waals surface area contributed by atoms with Gasteiger partial charge in [0, 0.05) is 37.5 Å². The Morgan fingerprint density at radius 2 is 2.53 bits per heavy atom. The topological polar surface area (TPSA) is 68.4 Å². The molecule has 0 radical (unpaired) electrons. The van der Waals surface area contributed by atoms with Gasteiger partial charge < -0.3 is 15.6 Å². The Hall–Kier alpha value is -1.13. The first-order valence-corrected chi connectivity index (χ1v) is 5.14. The van der Waals surface area contributed by atoms with E-state index in [0.29, 0.717) is 25.1 Å². The van der Waals surface area contributed by atoms with Gasteiger partial charge in [-0.1, -0.05) is 0 Å². The molecule has 0 aliphatic carbocycles. The molecule has 2 rings (SSSR count). The summed E-state index contributed by atoms with van der Waals surface area (Å²) in [6.45, 7) is 2.50. The molecule has 1 aliphatic rings. The highest BCUT2D eigenvalue weighted by atomic mass is 16.5. The summed E-state index contributed by atoms with van der Waals surface area (Å²) in [4.78, 5) is 4.01. The Morgan fingerprint density at radius 3 is 3.13 bits per heavy atom. The van der Waals surface area contributed by atoms with Gasteiger partial charge in [-0.25, -0.2) is 0 Å². The Bertz CT molecular complexity index is 356. The van der Waals surface area contributed by atoms with E-state index in [-0.39, 0.29) is 6.10 Å². The summed E-state index contributed by atoms with van der Waals surface area (Å²) < 4.78 is 5.37. The van der Waals surface area contributed by atoms with Gasteiger partial charge in [-0.15, -0.1) is 0 Å². The molecule has 1 aromatic rings. The van der Waals surface area contributed by atoms with Crippen molar-refractivity contribution in [1.29, 1.82) is 0 Å². The molecule has 2 atom stereocenters. The average Bonchev–Trinajstić information content (AvgIpc) is 2.51. The number of nitrogens with zero attached hydrogens (tertiary/aromatic N) is 1. The van der Waals surface area contributed by atoms with Crippen molar-refractivity contribution in [3.05, 3.63) is 24.0 Å². The molecule has 82 valence electrons. The molecule has 2 unspecified atom stereocenters. The van der Waals surface area contributed by atoms with Gasteiger partial charge in [0.15, 0.2) is 0 Å². The van der Waals surface area contributed by atoms with Crippen LogP contribution in [0.15, 0.2) is 18.5 Å². The maximum atomic E-state index is 10.3. The SMILES string of the molecule is CC1OCCC1(O)Cc1cnccc1N. The van der Waals surface area contributed by atoms with E-state index in [0.717, 1.165) is 5.56 Å². The largest absolute Gasteiger partial charge is 0.398 e. The van der Waals surface area contributed by atoms with E-state index < -0.39 is 5.60 Å². The average molecular weight is 208 g/mol. The first-order valence-electron chi connectivity index (χ1n) is 5.14. The van der Waals surface area contributed by atoms with Crippen LogP contribution in [0, 0.1) is 0 Å². The van der Waals surface area contributed by atoms with Crippen LogP contribution in [0.3, 0.4) is 0 Å². The molecular weight excluding hydrogens is 192 g/mol. The molecular formula is C11H16N2O2. The summed E-state index contributed by atoms with van der Waals surface area (Å²) in [6, 6.07) is 1.75. The molecule has 0 spiro atoms. The van der Waals surface area contributed by atoms with Crippen LogP contribution in [-0.2, 0) is 11.2 Å². The summed E-state index contributed by atoms with van der Waals surface area (Å²) in [5, 5.41) is 10.3. The van der Waals surface area contributed by atoms with Crippen molar-refractivity contribution in [3.8, 4) is 0 Å². The Morgan fingerprint density at radius 1 is 1.73 bits per heavy atom. The third-order valence-corrected chi connectivity index (χ3v) is 3.10. The molecule has 1 aliphatic heterocycles. The van der Waals surface area contributed by atoms with Gasteiger partial charge in [0.25, 0.3) is 0 Å². The number of aliphatic hydroxyl groups is 1. The number of rotatable bonds is 2. The van der Waals surface area contributed by atoms with Crippen LogP contribution in [-0.4, -0.2) is 28.4 Å². The minimum Gasteiger partial charge on any atom is -0.398 e. The lowest BCUT2D eigenvalue weighted by Crippen LogP contribution is -2.38. The van der Waals surface area contributed by atoms with Crippen molar-refractivity contribution in [2.75, 3.05) is 12.3 Å². The smallest absolute Gasteiger partial charge is 0.0968 e. The highest BCUT2D eigenvalue weighted by molar-refractivity contribution is 5.45. The van der Waals surface area contributed by atoms with Crippen molar-refractivity contribution in [2.24, 2.45) is 0 Å². The van der Waals surface area contributed by atoms with Crippen molar-refractivity contribution in [2.45, 2.75) is 31.5 Å². The zero-order chi connectivity index (χ0) is 10.9. The highest BCUT2D eigenvalue weighted by Crippen LogP contribution is 2.30. The molecule has 0 bridgehead atoms. The predicted octanol–water partition coefficient (Wildman–Crippen LogP) is 0.746. The quantitative estimate of drug-likeness (QED) is 0.752. The Kier molecular flexibility index (Phi) is 2.63. The van der Waals surface area contributed by atoms with E-state index in [9.17, 15) is 5.11 Å². The highest BCUT2D eigenvalue weighted by Gasteiger charge is 2.39. The van der Waals surface area contributed by atoms with E-state index in [2.05, 4.69) is 4.98 Å². The normalized spacial score (nSPS) is 30.7. The number of nitrogen functional groups attached to an aromatic ring is 1. The predicted molar refractivity (Wildman–Crippen MR) is 57.3 cm³/mol. The summed E-state index contributed by atoms with van der Waals surface area (Å²) in [5.74, 6) is 0. The minimum atomic E-state index is -0.794. The first kappa shape index (κ1) is 10.4. The van der Waals surface area contributed by atoms with Crippen molar-refractivity contribution in [1.82, 2.24) is 4.98 Å². The van der Waals surface area contributed by atoms with Gasteiger partial charge in [-0.3, -0.25) is 4.98 Å². The van der Waals surface area contributed by atoms with Gasteiger partial charge >= 0.3 is 0 Å². The molecule has 3 N–H and O–H groups in total. The molecule has 0 aromatic carbocycles. The van der Waals surface area contributed by atoms with Gasteiger partial charge in [-0.05, 0) is 18.6 Å². The number of hydrogen-bond donors (Lipinski definition) is 2. The second kappa shape index (κ2) is 3.79. The minimum absolute atomic E-state index is 0.142. The zero-order valence-corrected chi connectivity index (χ0v) is 8.81. The van der Waals surface area contributed by atoms with Crippen LogP contribution >= 0.6 is 0 Å². The van der Waals surface area contributed by atoms with Gasteiger partial charge in [-0.2, -0.15) is 0 Å². The van der Waals surface area contributed by atoms with E-state index in [4.69, 9.17) is 10.5 Å². The molecule has 4 heteroatoms. The fourth-order valence-corrected chi connectivity index (χ4v) is 1.92. The molecule has 1 fully saturated rings. The maximum Gasteiger partial charge on any atom is 0.0968 e. The van der Waals surface area contributed by atoms with Crippen LogP contribution in [0.4, 0.5) is 5.69 Å². The number of ether oxygens (including phenoxy) is 1. The molecule has 15 heavy (non-hydrogen) atoms. The van der Waals surface area contributed by atoms with Crippen LogP contribution in [0.5, 0.6) is 0 Å². The Labute approximate surface area is 89.1 Å². The monoisotopic (exact) mass is 208 g/mol. The van der Waals surface area contributed by atoms with Crippen LogP contribution in [0.25, 0.3) is 0 Å². The van der Waals surface area contributed by atoms with Crippen molar-refractivity contribution < 1.29 is 9.84 Å². The van der Waals surface area contributed by atoms with Crippen LogP contribution in [0.1, 0.15) is 18.9 Å². The number of hydrogen-bond acceptors (Lipinski definition) is 4. The molecule has 1 saturated heterocycles. The fraction of sp³-hybridized carbons (Fsp3) is 0.545. The van der Waals surface area contributed by atoms with E-state index in [1.807, 2.05) is 6.92 Å². The van der Waals surface area contributed by atoms with Gasteiger partial charge in [0.1, 0.15) is 0 Å². The van der Waals surface area contributed by atoms with Crippen molar-refractivity contribution in [3.63, 3.8) is 0 Å². The lowest BCUT2D eigenvalue weighted by Gasteiger charge is -2.26. The lowest BCUT2D eigenvalue weighted by atomic mass is 9.89. The molecule has 2 heterocycles. The van der Waals surface area contributed by atoms with Crippen molar-refractivity contribution >= 4 is 5.69 Å². The summed E-state index contributed by atoms with van der Waals surface area (Å²) in [5.41, 5.74) is 6.58. The summed E-state index contributed by atoms with van der Waals surface area (Å²) in [7, 11) is 0. The van der Waals surface area contributed by atoms with E-state index in [1.165, 1.54) is 0 Å². The third-order valence-electron chi connectivity index (χ3n) is 3.10. The van der Waals surface area contributed by atoms with E-state index in [1.54, 1.807) is 18.5 Å².